The molecule has 0 fully saturated rings. The van der Waals surface area contributed by atoms with Gasteiger partial charge in [0.25, 0.3) is 0 Å². The van der Waals surface area contributed by atoms with Gasteiger partial charge in [0.05, 0.1) is 7.11 Å². The number of nitrogens with two attached hydrogens (primary N) is 1. The molecule has 0 aliphatic heterocycles. The van der Waals surface area contributed by atoms with Crippen molar-refractivity contribution in [3.05, 3.63) is 24.0 Å². The summed E-state index contributed by atoms with van der Waals surface area (Å²) in [7, 11) is 1.44. The molecule has 0 aliphatic rings. The molecule has 3 nitrogen and oxygen atoms in total. The zero-order valence-corrected chi connectivity index (χ0v) is 13.4. The molecule has 90 valence electrons. The van der Waals surface area contributed by atoms with Gasteiger partial charge in [-0.1, -0.05) is 40.2 Å². The van der Waals surface area contributed by atoms with Crippen LogP contribution in [0.25, 0.3) is 0 Å². The molecule has 0 rings (SSSR count). The SMILES string of the molecule is CC.CC.CC=[C-]/C(=C\OC)C(N)=O.[W]. The number of hydrogen-bond donors (Lipinski definition) is 1. The number of hydrogen-bond acceptors (Lipinski definition) is 2. The molecule has 0 aromatic carbocycles. The molecule has 1 amide bonds. The van der Waals surface area contributed by atoms with E-state index in [1.54, 1.807) is 13.0 Å². The van der Waals surface area contributed by atoms with E-state index in [4.69, 9.17) is 5.73 Å². The summed E-state index contributed by atoms with van der Waals surface area (Å²) >= 11 is 0. The Kier molecular flexibility index (Phi) is 37.2. The Morgan fingerprint density at radius 3 is 1.87 bits per heavy atom. The molecule has 0 aliphatic carbocycles. The third-order valence-electron chi connectivity index (χ3n) is 0.801. The summed E-state index contributed by atoms with van der Waals surface area (Å²) in [5, 5.41) is 0. The molecule has 0 aromatic rings. The van der Waals surface area contributed by atoms with Crippen LogP contribution in [0.5, 0.6) is 0 Å². The van der Waals surface area contributed by atoms with Crippen LogP contribution in [0.15, 0.2) is 17.9 Å². The molecule has 0 spiro atoms. The number of ether oxygens (including phenoxy) is 1. The minimum atomic E-state index is -0.542. The van der Waals surface area contributed by atoms with Gasteiger partial charge in [-0.25, -0.2) is 0 Å². The largest absolute Gasteiger partial charge is 0.561 e. The first-order valence-electron chi connectivity index (χ1n) is 4.79. The van der Waals surface area contributed by atoms with E-state index in [-0.39, 0.29) is 26.6 Å². The van der Waals surface area contributed by atoms with Gasteiger partial charge in [-0.15, -0.1) is 6.08 Å². The number of carbonyl (C=O) groups excluding carboxylic acids is 1. The minimum absolute atomic E-state index is 0. The average Bonchev–Trinajstić information content (AvgIpc) is 2.23. The number of primary amides is 1. The summed E-state index contributed by atoms with van der Waals surface area (Å²) < 4.78 is 4.57. The second-order valence-electron chi connectivity index (χ2n) is 1.56. The Morgan fingerprint density at radius 2 is 1.67 bits per heavy atom. The van der Waals surface area contributed by atoms with E-state index in [0.29, 0.717) is 0 Å². The number of rotatable bonds is 3. The molecule has 0 radical (unpaired) electrons. The van der Waals surface area contributed by atoms with Crippen molar-refractivity contribution < 1.29 is 30.6 Å². The maximum Gasteiger partial charge on any atom is 0.135 e. The Labute approximate surface area is 108 Å². The van der Waals surface area contributed by atoms with Crippen molar-refractivity contribution in [3.63, 3.8) is 0 Å². The molecule has 0 unspecified atom stereocenters. The van der Waals surface area contributed by atoms with Crippen molar-refractivity contribution in [2.75, 3.05) is 7.11 Å². The van der Waals surface area contributed by atoms with Crippen molar-refractivity contribution in [1.29, 1.82) is 0 Å². The minimum Gasteiger partial charge on any atom is -0.561 e. The van der Waals surface area contributed by atoms with E-state index in [1.807, 2.05) is 27.7 Å². The standard InChI is InChI=1S/C7H10NO2.2C2H6.W/c1-3-4-6(5-10-2)7(8)9;2*1-2;/h3,5H,1-2H3,(H2,8,9);2*1-2H3;/q-1;;;/b6-5+;;;. The second kappa shape index (κ2) is 23.3. The Balaban J connectivity index is -0.000000107. The smallest absolute Gasteiger partial charge is 0.135 e. The summed E-state index contributed by atoms with van der Waals surface area (Å²) in [5.41, 5.74) is 5.18. The number of amides is 1. The topological polar surface area (TPSA) is 52.3 Å². The van der Waals surface area contributed by atoms with Crippen LogP contribution in [-0.2, 0) is 30.6 Å². The first-order chi connectivity index (χ1) is 6.72. The fourth-order valence-electron chi connectivity index (χ4n) is 0.437. The van der Waals surface area contributed by atoms with Crippen LogP contribution in [-0.4, -0.2) is 13.0 Å². The van der Waals surface area contributed by atoms with E-state index < -0.39 is 5.91 Å². The van der Waals surface area contributed by atoms with E-state index in [1.165, 1.54) is 13.4 Å². The Hall–Kier alpha value is -0.562. The summed E-state index contributed by atoms with van der Waals surface area (Å²) in [5.74, 6) is -0.542. The average molecular weight is 384 g/mol. The van der Waals surface area contributed by atoms with Crippen LogP contribution >= 0.6 is 0 Å². The molecule has 0 saturated heterocycles. The van der Waals surface area contributed by atoms with E-state index >= 15 is 0 Å². The zero-order chi connectivity index (χ0) is 12.0. The molecule has 0 bridgehead atoms. The number of carbonyl (C=O) groups is 1. The quantitative estimate of drug-likeness (QED) is 0.352. The first-order valence-corrected chi connectivity index (χ1v) is 4.79. The third kappa shape index (κ3) is 19.7. The van der Waals surface area contributed by atoms with E-state index in [9.17, 15) is 4.79 Å². The van der Waals surface area contributed by atoms with Gasteiger partial charge in [-0.05, 0) is 6.26 Å². The molecular formula is C11H22NO2W-. The van der Waals surface area contributed by atoms with E-state index in [2.05, 4.69) is 10.8 Å². The molecule has 4 heteroatoms. The first kappa shape index (κ1) is 23.9. The molecule has 15 heavy (non-hydrogen) atoms. The van der Waals surface area contributed by atoms with Gasteiger partial charge in [0, 0.05) is 21.1 Å². The molecule has 0 heterocycles. The summed E-state index contributed by atoms with van der Waals surface area (Å²) in [6, 6.07) is 0. The van der Waals surface area contributed by atoms with Crippen molar-refractivity contribution in [3.8, 4) is 0 Å². The fraction of sp³-hybridized carbons (Fsp3) is 0.545. The van der Waals surface area contributed by atoms with Gasteiger partial charge in [-0.3, -0.25) is 0 Å². The summed E-state index contributed by atoms with van der Waals surface area (Å²) in [4.78, 5) is 10.5. The summed E-state index contributed by atoms with van der Waals surface area (Å²) in [6.07, 6.45) is 5.46. The molecule has 0 saturated carbocycles. The van der Waals surface area contributed by atoms with Gasteiger partial charge in [0.15, 0.2) is 0 Å². The molecule has 0 aromatic heterocycles. The Bertz CT molecular complexity index is 177. The van der Waals surface area contributed by atoms with Crippen LogP contribution in [0.3, 0.4) is 0 Å². The third-order valence-corrected chi connectivity index (χ3v) is 0.801. The van der Waals surface area contributed by atoms with Crippen LogP contribution in [0, 0.1) is 6.08 Å². The van der Waals surface area contributed by atoms with Crippen molar-refractivity contribution in [2.24, 2.45) is 5.73 Å². The van der Waals surface area contributed by atoms with Crippen LogP contribution in [0.1, 0.15) is 34.6 Å². The fourth-order valence-corrected chi connectivity index (χ4v) is 0.437. The summed E-state index contributed by atoms with van der Waals surface area (Å²) in [6.45, 7) is 9.74. The van der Waals surface area contributed by atoms with Gasteiger partial charge in [0.2, 0.25) is 0 Å². The number of methoxy groups -OCH3 is 1. The number of allylic oxidation sites excluding steroid dienone is 1. The predicted molar refractivity (Wildman–Crippen MR) is 60.5 cm³/mol. The molecule has 2 N–H and O–H groups in total. The molecule has 0 atom stereocenters. The zero-order valence-electron chi connectivity index (χ0n) is 10.5. The van der Waals surface area contributed by atoms with Crippen LogP contribution in [0.2, 0.25) is 0 Å². The predicted octanol–water partition coefficient (Wildman–Crippen LogP) is 2.43. The van der Waals surface area contributed by atoms with Gasteiger partial charge in [0.1, 0.15) is 5.91 Å². The van der Waals surface area contributed by atoms with Crippen molar-refractivity contribution in [1.82, 2.24) is 0 Å². The second-order valence-corrected chi connectivity index (χ2v) is 1.56. The van der Waals surface area contributed by atoms with Crippen LogP contribution < -0.4 is 5.73 Å². The normalized spacial score (nSPS) is 8.80. The van der Waals surface area contributed by atoms with E-state index in [0.717, 1.165) is 0 Å². The van der Waals surface area contributed by atoms with Crippen LogP contribution in [0.4, 0.5) is 0 Å². The molecular weight excluding hydrogens is 362 g/mol. The van der Waals surface area contributed by atoms with Gasteiger partial charge >= 0.3 is 0 Å². The maximum absolute atomic E-state index is 10.5. The monoisotopic (exact) mass is 384 g/mol. The van der Waals surface area contributed by atoms with Crippen molar-refractivity contribution >= 4 is 5.91 Å². The Morgan fingerprint density at radius 1 is 1.27 bits per heavy atom. The van der Waals surface area contributed by atoms with Crippen molar-refractivity contribution in [2.45, 2.75) is 34.6 Å². The van der Waals surface area contributed by atoms with Gasteiger partial charge < -0.3 is 15.3 Å². The van der Waals surface area contributed by atoms with Gasteiger partial charge in [-0.2, -0.15) is 6.08 Å². The maximum atomic E-state index is 10.5.